The first-order chi connectivity index (χ1) is 28.3. The zero-order valence-corrected chi connectivity index (χ0v) is 38.2. The molecule has 0 aliphatic carbocycles. The number of rotatable bonds is 14. The van der Waals surface area contributed by atoms with Gasteiger partial charge in [0.25, 0.3) is 0 Å². The number of carbonyl (C=O) groups excluding carboxylic acids is 3. The molecule has 1 saturated heterocycles. The summed E-state index contributed by atoms with van der Waals surface area (Å²) in [5, 5.41) is -0.676. The van der Waals surface area contributed by atoms with Crippen LogP contribution >= 0.6 is 11.8 Å². The van der Waals surface area contributed by atoms with Gasteiger partial charge in [-0.15, -0.1) is 11.8 Å². The summed E-state index contributed by atoms with van der Waals surface area (Å²) in [5.74, 6) is -0.196. The van der Waals surface area contributed by atoms with Crippen molar-refractivity contribution in [3.63, 3.8) is 0 Å². The maximum Gasteiger partial charge on any atom is 0.311 e. The summed E-state index contributed by atoms with van der Waals surface area (Å²) in [4.78, 5) is 41.3. The number of para-hydroxylation sites is 2. The van der Waals surface area contributed by atoms with E-state index in [0.29, 0.717) is 24.3 Å². The van der Waals surface area contributed by atoms with Gasteiger partial charge < -0.3 is 23.7 Å². The van der Waals surface area contributed by atoms with Crippen LogP contribution in [-0.2, 0) is 54.3 Å². The molecule has 0 saturated carbocycles. The van der Waals surface area contributed by atoms with E-state index in [1.54, 1.807) is 62.3 Å². The van der Waals surface area contributed by atoms with Crippen molar-refractivity contribution >= 4 is 29.7 Å². The maximum absolute atomic E-state index is 14.0. The van der Waals surface area contributed by atoms with Crippen LogP contribution in [0.15, 0.2) is 97.1 Å². The van der Waals surface area contributed by atoms with E-state index in [9.17, 15) is 14.4 Å². The lowest BCUT2D eigenvalue weighted by molar-refractivity contribution is -0.184. The SMILES string of the molecule is CCc1ccc(Cc2ccccc2O[C@@H]2[C@@H](OC(=O)C(C)(C)C)[C@@H](Oc3ccccc3Cc3ccc(CC)cc3)S[C@@H](COC(=O)C(C)(C)C)[C@H]2OC(=O)C(C)(C)C)cc1. The molecule has 0 aromatic heterocycles. The van der Waals surface area contributed by atoms with E-state index in [4.69, 9.17) is 23.7 Å². The third-order valence-corrected chi connectivity index (χ3v) is 11.8. The van der Waals surface area contributed by atoms with Gasteiger partial charge in [-0.05, 0) is 121 Å². The van der Waals surface area contributed by atoms with Crippen molar-refractivity contribution in [2.45, 2.75) is 131 Å². The highest BCUT2D eigenvalue weighted by atomic mass is 32.2. The predicted molar refractivity (Wildman–Crippen MR) is 239 cm³/mol. The van der Waals surface area contributed by atoms with E-state index in [-0.39, 0.29) is 6.61 Å². The molecule has 1 aliphatic heterocycles. The lowest BCUT2D eigenvalue weighted by atomic mass is 9.95. The quantitative estimate of drug-likeness (QED) is 0.0908. The largest absolute Gasteiger partial charge is 0.482 e. The van der Waals surface area contributed by atoms with Gasteiger partial charge in [0.2, 0.25) is 0 Å². The lowest BCUT2D eigenvalue weighted by Crippen LogP contribution is -2.61. The van der Waals surface area contributed by atoms with Crippen molar-refractivity contribution in [1.29, 1.82) is 0 Å². The predicted octanol–water partition coefficient (Wildman–Crippen LogP) is 10.8. The molecule has 5 atom stereocenters. The number of benzene rings is 4. The van der Waals surface area contributed by atoms with E-state index in [2.05, 4.69) is 62.4 Å². The van der Waals surface area contributed by atoms with Gasteiger partial charge in [0.1, 0.15) is 18.1 Å². The van der Waals surface area contributed by atoms with Crippen molar-refractivity contribution in [3.8, 4) is 11.5 Å². The number of hydrogen-bond donors (Lipinski definition) is 0. The summed E-state index contributed by atoms with van der Waals surface area (Å²) < 4.78 is 33.0. The third-order valence-electron chi connectivity index (χ3n) is 10.4. The maximum atomic E-state index is 14.0. The number of ether oxygens (including phenoxy) is 5. The molecule has 0 N–H and O–H groups in total. The fraction of sp³-hybridized carbons (Fsp3) is 0.471. The fourth-order valence-corrected chi connectivity index (χ4v) is 7.89. The summed E-state index contributed by atoms with van der Waals surface area (Å²) >= 11 is 1.31. The van der Waals surface area contributed by atoms with Crippen LogP contribution < -0.4 is 9.47 Å². The Balaban J connectivity index is 1.64. The first kappa shape index (κ1) is 46.3. The molecule has 0 radical (unpaired) electrons. The Morgan fingerprint density at radius 1 is 0.500 bits per heavy atom. The highest BCUT2D eigenvalue weighted by Gasteiger charge is 2.54. The van der Waals surface area contributed by atoms with Crippen molar-refractivity contribution < 1.29 is 38.1 Å². The average Bonchev–Trinajstić information content (AvgIpc) is 3.19. The number of esters is 3. The summed E-state index contributed by atoms with van der Waals surface area (Å²) in [5.41, 5.74) is 3.14. The molecule has 0 spiro atoms. The van der Waals surface area contributed by atoms with Crippen LogP contribution in [0.1, 0.15) is 110 Å². The molecule has 322 valence electrons. The fourth-order valence-electron chi connectivity index (χ4n) is 6.51. The molecule has 0 unspecified atom stereocenters. The summed E-state index contributed by atoms with van der Waals surface area (Å²) in [6.07, 6.45) is -0.126. The first-order valence-corrected chi connectivity index (χ1v) is 22.1. The Labute approximate surface area is 362 Å². The number of thioether (sulfide) groups is 1. The molecule has 4 aromatic carbocycles. The van der Waals surface area contributed by atoms with Crippen LogP contribution in [0.4, 0.5) is 0 Å². The molecule has 1 heterocycles. The topological polar surface area (TPSA) is 97.4 Å². The number of aryl methyl sites for hydroxylation is 2. The van der Waals surface area contributed by atoms with E-state index >= 15 is 0 Å². The van der Waals surface area contributed by atoms with Crippen LogP contribution in [0.3, 0.4) is 0 Å². The van der Waals surface area contributed by atoms with Crippen molar-refractivity contribution in [2.24, 2.45) is 16.2 Å². The molecule has 1 aliphatic rings. The van der Waals surface area contributed by atoms with Crippen molar-refractivity contribution in [2.75, 3.05) is 6.61 Å². The van der Waals surface area contributed by atoms with E-state index < -0.39 is 63.2 Å². The smallest absolute Gasteiger partial charge is 0.311 e. The average molecular weight is 837 g/mol. The van der Waals surface area contributed by atoms with Gasteiger partial charge in [0, 0.05) is 12.8 Å². The van der Waals surface area contributed by atoms with Crippen LogP contribution in [0.2, 0.25) is 0 Å². The Morgan fingerprint density at radius 2 is 0.900 bits per heavy atom. The van der Waals surface area contributed by atoms with Gasteiger partial charge in [-0.2, -0.15) is 0 Å². The molecule has 0 amide bonds. The van der Waals surface area contributed by atoms with E-state index in [1.165, 1.54) is 22.9 Å². The molecule has 60 heavy (non-hydrogen) atoms. The monoisotopic (exact) mass is 836 g/mol. The molecule has 5 rings (SSSR count). The molecule has 8 nitrogen and oxygen atoms in total. The van der Waals surface area contributed by atoms with E-state index in [1.807, 2.05) is 48.5 Å². The minimum absolute atomic E-state index is 0.112. The van der Waals surface area contributed by atoms with Gasteiger partial charge in [0.05, 0.1) is 21.5 Å². The van der Waals surface area contributed by atoms with Crippen molar-refractivity contribution in [1.82, 2.24) is 0 Å². The van der Waals surface area contributed by atoms with E-state index in [0.717, 1.165) is 35.1 Å². The highest BCUT2D eigenvalue weighted by Crippen LogP contribution is 2.42. The molecule has 0 bridgehead atoms. The molecular weight excluding hydrogens is 773 g/mol. The van der Waals surface area contributed by atoms with Gasteiger partial charge in [-0.1, -0.05) is 98.8 Å². The summed E-state index contributed by atoms with van der Waals surface area (Å²) in [6.45, 7) is 20.3. The van der Waals surface area contributed by atoms with Crippen LogP contribution in [-0.4, -0.2) is 53.5 Å². The van der Waals surface area contributed by atoms with Crippen LogP contribution in [0.5, 0.6) is 11.5 Å². The summed E-state index contributed by atoms with van der Waals surface area (Å²) in [6, 6.07) is 32.6. The highest BCUT2D eigenvalue weighted by molar-refractivity contribution is 8.00. The minimum atomic E-state index is -1.08. The molecule has 4 aromatic rings. The summed E-state index contributed by atoms with van der Waals surface area (Å²) in [7, 11) is 0. The van der Waals surface area contributed by atoms with Gasteiger partial charge >= 0.3 is 17.9 Å². The zero-order chi connectivity index (χ0) is 43.8. The Hall–Kier alpha value is -4.76. The lowest BCUT2D eigenvalue weighted by Gasteiger charge is -2.45. The van der Waals surface area contributed by atoms with Gasteiger partial charge in [0.15, 0.2) is 23.7 Å². The van der Waals surface area contributed by atoms with Crippen LogP contribution in [0, 0.1) is 16.2 Å². The zero-order valence-electron chi connectivity index (χ0n) is 37.3. The standard InChI is InChI=1S/C51H64O8S/c1-12-33-22-26-35(27-23-33)30-37-18-14-16-20-39(37)56-43-42(58-47(53)50(6,7)8)41(32-55-46(52)49(3,4)5)60-45(44(43)59-48(54)51(9,10)11)57-40-21-17-15-19-38(40)31-36-28-24-34(13-2)25-29-36/h14-29,41-45H,12-13,30-32H2,1-11H3/t41-,42+,43-,44+,45-/m0/s1. The third kappa shape index (κ3) is 12.4. The molecule has 9 heteroatoms. The Kier molecular flexibility index (Phi) is 15.2. The van der Waals surface area contributed by atoms with Crippen LogP contribution in [0.25, 0.3) is 0 Å². The molecule has 1 fully saturated rings. The number of carbonyl (C=O) groups is 3. The second-order valence-corrected chi connectivity index (χ2v) is 20.1. The normalized spacial score (nSPS) is 19.6. The molecular formula is C51H64O8S. The van der Waals surface area contributed by atoms with Gasteiger partial charge in [-0.3, -0.25) is 14.4 Å². The minimum Gasteiger partial charge on any atom is -0.482 e. The Bertz CT molecular complexity index is 2050. The Morgan fingerprint density at radius 3 is 1.33 bits per heavy atom. The second kappa shape index (κ2) is 19.7. The second-order valence-electron chi connectivity index (χ2n) is 18.7. The first-order valence-electron chi connectivity index (χ1n) is 21.2. The van der Waals surface area contributed by atoms with Crippen molar-refractivity contribution in [3.05, 3.63) is 130 Å². The van der Waals surface area contributed by atoms with Gasteiger partial charge in [-0.25, -0.2) is 0 Å². The number of hydrogen-bond acceptors (Lipinski definition) is 9.